The van der Waals surface area contributed by atoms with Gasteiger partial charge in [-0.3, -0.25) is 8.88 Å². The lowest BCUT2D eigenvalue weighted by molar-refractivity contribution is -0.339. The summed E-state index contributed by atoms with van der Waals surface area (Å²) in [5, 5.41) is 0. The molecule has 172 valence electrons. The first kappa shape index (κ1) is 28.7. The van der Waals surface area contributed by atoms with Crippen LogP contribution in [-0.2, 0) is 18.0 Å². The van der Waals surface area contributed by atoms with E-state index in [0.717, 1.165) is 37.2 Å². The van der Waals surface area contributed by atoms with Crippen molar-refractivity contribution in [2.75, 3.05) is 6.61 Å². The lowest BCUT2D eigenvalue weighted by atomic mass is 9.92. The summed E-state index contributed by atoms with van der Waals surface area (Å²) >= 11 is 0. The van der Waals surface area contributed by atoms with Gasteiger partial charge in [0.25, 0.3) is 7.82 Å². The summed E-state index contributed by atoms with van der Waals surface area (Å²) in [6.45, 7) is 10.3. The highest BCUT2D eigenvalue weighted by Gasteiger charge is 2.11. The van der Waals surface area contributed by atoms with Gasteiger partial charge in [0.2, 0.25) is 0 Å². The topological polar surface area (TPSA) is 122 Å². The monoisotopic (exact) mass is 451 g/mol. The van der Waals surface area contributed by atoms with E-state index in [2.05, 4.69) is 42.6 Å². The van der Waals surface area contributed by atoms with E-state index in [0.29, 0.717) is 5.92 Å². The summed E-state index contributed by atoms with van der Waals surface area (Å²) in [6, 6.07) is 0. The molecule has 0 aliphatic carbocycles. The predicted molar refractivity (Wildman–Crippen MR) is 111 cm³/mol. The number of allylic oxidation sites excluding steroid dienone is 3. The SMILES string of the molecule is CC(C)=CCCC(C)CCCC(C)CCC/C(C)=C/COP(=O)([O-])OP(=O)([O-])[O-]. The second-order valence-corrected chi connectivity index (χ2v) is 10.9. The molecular formula is C20H37O7P2-3. The van der Waals surface area contributed by atoms with Crippen LogP contribution in [-0.4, -0.2) is 6.61 Å². The molecule has 0 heterocycles. The van der Waals surface area contributed by atoms with Crippen molar-refractivity contribution >= 4 is 15.6 Å². The van der Waals surface area contributed by atoms with Crippen LogP contribution in [0.15, 0.2) is 23.3 Å². The van der Waals surface area contributed by atoms with Crippen LogP contribution < -0.4 is 14.7 Å². The number of rotatable bonds is 16. The van der Waals surface area contributed by atoms with Crippen molar-refractivity contribution in [1.82, 2.24) is 0 Å². The largest absolute Gasteiger partial charge is 0.790 e. The standard InChI is InChI=1S/C20H40O7P2/c1-17(2)9-6-10-18(3)11-7-12-19(4)13-8-14-20(5)15-16-26-29(24,25)27-28(21,22)23/h9,15,18-19H,6-8,10-14,16H2,1-5H3,(H,24,25)(H2,21,22,23)/p-3/b20-15+. The molecule has 0 radical (unpaired) electrons. The smallest absolute Gasteiger partial charge is 0.272 e. The van der Waals surface area contributed by atoms with Gasteiger partial charge in [0.1, 0.15) is 0 Å². The van der Waals surface area contributed by atoms with Crippen molar-refractivity contribution < 1.29 is 32.6 Å². The van der Waals surface area contributed by atoms with Crippen molar-refractivity contribution in [2.45, 2.75) is 86.0 Å². The summed E-state index contributed by atoms with van der Waals surface area (Å²) in [7, 11) is -10.8. The number of phosphoric acid groups is 2. The molecule has 0 saturated carbocycles. The Bertz CT molecular complexity index is 606. The third-order valence-corrected chi connectivity index (χ3v) is 6.80. The molecule has 3 unspecified atom stereocenters. The molecule has 7 nitrogen and oxygen atoms in total. The molecule has 9 heteroatoms. The highest BCUT2D eigenvalue weighted by molar-refractivity contribution is 7.58. The lowest BCUT2D eigenvalue weighted by Gasteiger charge is -2.34. The number of hydrogen-bond acceptors (Lipinski definition) is 7. The van der Waals surface area contributed by atoms with Gasteiger partial charge in [0.15, 0.2) is 0 Å². The maximum atomic E-state index is 11.1. The van der Waals surface area contributed by atoms with Crippen molar-refractivity contribution in [3.63, 3.8) is 0 Å². The van der Waals surface area contributed by atoms with Crippen LogP contribution in [0.2, 0.25) is 0 Å². The molecular weight excluding hydrogens is 414 g/mol. The van der Waals surface area contributed by atoms with Gasteiger partial charge in [-0.2, -0.15) is 0 Å². The van der Waals surface area contributed by atoms with Crippen molar-refractivity contribution in [2.24, 2.45) is 11.8 Å². The normalized spacial score (nSPS) is 16.9. The quantitative estimate of drug-likeness (QED) is 0.248. The van der Waals surface area contributed by atoms with E-state index in [1.807, 2.05) is 6.92 Å². The molecule has 0 aromatic rings. The fraction of sp³-hybridized carbons (Fsp3) is 0.800. The molecule has 0 aliphatic rings. The first-order valence-electron chi connectivity index (χ1n) is 10.3. The Balaban J connectivity index is 3.93. The third kappa shape index (κ3) is 19.4. The summed E-state index contributed by atoms with van der Waals surface area (Å²) in [4.78, 5) is 31.8. The average molecular weight is 451 g/mol. The Hall–Kier alpha value is -0.260. The molecule has 0 aromatic heterocycles. The fourth-order valence-electron chi connectivity index (χ4n) is 3.01. The first-order valence-corrected chi connectivity index (χ1v) is 13.2. The maximum Gasteiger partial charge on any atom is 0.272 e. The molecule has 0 spiro atoms. The summed E-state index contributed by atoms with van der Waals surface area (Å²) in [5.41, 5.74) is 2.32. The van der Waals surface area contributed by atoms with Crippen molar-refractivity contribution in [3.8, 4) is 0 Å². The number of phosphoric ester groups is 1. The minimum Gasteiger partial charge on any atom is -0.790 e. The molecule has 0 aliphatic heterocycles. The Morgan fingerprint density at radius 1 is 0.897 bits per heavy atom. The van der Waals surface area contributed by atoms with Gasteiger partial charge in [0, 0.05) is 0 Å². The van der Waals surface area contributed by atoms with E-state index in [9.17, 15) is 23.8 Å². The summed E-state index contributed by atoms with van der Waals surface area (Å²) in [5.74, 6) is 1.39. The van der Waals surface area contributed by atoms with Gasteiger partial charge in [-0.05, 0) is 58.3 Å². The third-order valence-electron chi connectivity index (χ3n) is 4.74. The molecule has 0 amide bonds. The molecule has 0 N–H and O–H groups in total. The second-order valence-electron chi connectivity index (χ2n) is 8.21. The maximum absolute atomic E-state index is 11.1. The van der Waals surface area contributed by atoms with Gasteiger partial charge < -0.3 is 23.8 Å². The van der Waals surface area contributed by atoms with Crippen LogP contribution in [0.3, 0.4) is 0 Å². The van der Waals surface area contributed by atoms with E-state index < -0.39 is 15.6 Å². The van der Waals surface area contributed by atoms with E-state index in [-0.39, 0.29) is 6.61 Å². The van der Waals surface area contributed by atoms with Crippen LogP contribution in [0.4, 0.5) is 0 Å². The fourth-order valence-corrected chi connectivity index (χ4v) is 4.43. The Kier molecular flexibility index (Phi) is 14.6. The first-order chi connectivity index (χ1) is 13.3. The second kappa shape index (κ2) is 14.7. The van der Waals surface area contributed by atoms with Gasteiger partial charge >= 0.3 is 0 Å². The zero-order valence-electron chi connectivity index (χ0n) is 18.4. The molecule has 0 saturated heterocycles. The summed E-state index contributed by atoms with van der Waals surface area (Å²) in [6.07, 6.45) is 12.8. The molecule has 29 heavy (non-hydrogen) atoms. The van der Waals surface area contributed by atoms with E-state index in [1.165, 1.54) is 31.3 Å². The van der Waals surface area contributed by atoms with Gasteiger partial charge in [0.05, 0.1) is 14.4 Å². The molecule has 0 aromatic carbocycles. The average Bonchev–Trinajstić information content (AvgIpc) is 2.51. The van der Waals surface area contributed by atoms with Crippen LogP contribution in [0.25, 0.3) is 0 Å². The lowest BCUT2D eigenvalue weighted by Crippen LogP contribution is -2.19. The van der Waals surface area contributed by atoms with Crippen LogP contribution in [0.5, 0.6) is 0 Å². The van der Waals surface area contributed by atoms with Crippen molar-refractivity contribution in [3.05, 3.63) is 23.3 Å². The van der Waals surface area contributed by atoms with E-state index in [4.69, 9.17) is 0 Å². The summed E-state index contributed by atoms with van der Waals surface area (Å²) < 4.78 is 29.2. The van der Waals surface area contributed by atoms with Crippen LogP contribution >= 0.6 is 15.6 Å². The van der Waals surface area contributed by atoms with Gasteiger partial charge in [-0.15, -0.1) is 0 Å². The molecule has 0 rings (SSSR count). The minimum absolute atomic E-state index is 0.354. The van der Waals surface area contributed by atoms with E-state index in [1.54, 1.807) is 6.08 Å². The Morgan fingerprint density at radius 2 is 1.45 bits per heavy atom. The Labute approximate surface area is 176 Å². The van der Waals surface area contributed by atoms with Gasteiger partial charge in [-0.25, -0.2) is 0 Å². The highest BCUT2D eigenvalue weighted by Crippen LogP contribution is 2.50. The zero-order chi connectivity index (χ0) is 22.5. The minimum atomic E-state index is -5.63. The van der Waals surface area contributed by atoms with E-state index >= 15 is 0 Å². The predicted octanol–water partition coefficient (Wildman–Crippen LogP) is 4.62. The molecule has 0 fully saturated rings. The molecule has 0 bridgehead atoms. The van der Waals surface area contributed by atoms with Crippen LogP contribution in [0, 0.1) is 11.8 Å². The van der Waals surface area contributed by atoms with Crippen molar-refractivity contribution in [1.29, 1.82) is 0 Å². The number of hydrogen-bond donors (Lipinski definition) is 0. The zero-order valence-corrected chi connectivity index (χ0v) is 20.2. The molecule has 3 atom stereocenters. The van der Waals surface area contributed by atoms with Gasteiger partial charge in [-0.1, -0.05) is 62.8 Å². The highest BCUT2D eigenvalue weighted by atomic mass is 31.3. The van der Waals surface area contributed by atoms with Crippen LogP contribution in [0.1, 0.15) is 86.0 Å². The Morgan fingerprint density at radius 3 is 2.00 bits per heavy atom.